The molecule has 0 spiro atoms. The summed E-state index contributed by atoms with van der Waals surface area (Å²) in [5, 5.41) is 0. The van der Waals surface area contributed by atoms with E-state index in [0.717, 1.165) is 23.5 Å². The third-order valence-electron chi connectivity index (χ3n) is 7.01. The molecule has 0 aromatic heterocycles. The van der Waals surface area contributed by atoms with E-state index in [1.54, 1.807) is 31.4 Å². The van der Waals surface area contributed by atoms with Crippen LogP contribution in [0.1, 0.15) is 67.3 Å². The Balaban J connectivity index is 1.35. The highest BCUT2D eigenvalue weighted by molar-refractivity contribution is 5.91. The molecule has 0 aliphatic heterocycles. The van der Waals surface area contributed by atoms with Gasteiger partial charge in [-0.25, -0.2) is 4.79 Å². The summed E-state index contributed by atoms with van der Waals surface area (Å²) in [7, 11) is 1.61. The molecule has 158 valence electrons. The van der Waals surface area contributed by atoms with E-state index in [2.05, 4.69) is 31.2 Å². The Morgan fingerprint density at radius 3 is 2.23 bits per heavy atom. The van der Waals surface area contributed by atoms with Crippen LogP contribution in [0.25, 0.3) is 0 Å². The lowest BCUT2D eigenvalue weighted by atomic mass is 9.64. The molecule has 2 saturated carbocycles. The molecule has 4 atom stereocenters. The van der Waals surface area contributed by atoms with Gasteiger partial charge in [-0.05, 0) is 111 Å². The highest BCUT2D eigenvalue weighted by Gasteiger charge is 2.35. The van der Waals surface area contributed by atoms with Crippen molar-refractivity contribution in [2.24, 2.45) is 17.8 Å². The lowest BCUT2D eigenvalue weighted by molar-refractivity contribution is 0.0734. The Hall–Kier alpha value is -2.55. The van der Waals surface area contributed by atoms with Gasteiger partial charge in [-0.3, -0.25) is 0 Å². The number of allylic oxidation sites excluding steroid dienone is 2. The van der Waals surface area contributed by atoms with Crippen LogP contribution < -0.4 is 9.47 Å². The summed E-state index contributed by atoms with van der Waals surface area (Å²) in [6.45, 7) is 2.14. The fourth-order valence-corrected chi connectivity index (χ4v) is 5.38. The fraction of sp³-hybridized carbons (Fsp3) is 0.444. The molecule has 4 rings (SSSR count). The quantitative estimate of drug-likeness (QED) is 0.313. The van der Waals surface area contributed by atoms with Crippen LogP contribution in [0.5, 0.6) is 11.5 Å². The van der Waals surface area contributed by atoms with Crippen LogP contribution in [0.15, 0.2) is 60.7 Å². The van der Waals surface area contributed by atoms with Crippen molar-refractivity contribution in [3.8, 4) is 11.5 Å². The van der Waals surface area contributed by atoms with E-state index >= 15 is 0 Å². The first kappa shape index (κ1) is 20.7. The fourth-order valence-electron chi connectivity index (χ4n) is 5.38. The molecule has 0 N–H and O–H groups in total. The minimum Gasteiger partial charge on any atom is -0.497 e. The minimum absolute atomic E-state index is 0.322. The Kier molecular flexibility index (Phi) is 6.56. The summed E-state index contributed by atoms with van der Waals surface area (Å²) in [6.07, 6.45) is 12.6. The summed E-state index contributed by atoms with van der Waals surface area (Å²) >= 11 is 0. The number of benzene rings is 2. The van der Waals surface area contributed by atoms with Crippen molar-refractivity contribution in [1.82, 2.24) is 0 Å². The number of ether oxygens (including phenoxy) is 2. The van der Waals surface area contributed by atoms with Gasteiger partial charge in [-0.15, -0.1) is 0 Å². The lowest BCUT2D eigenvalue weighted by Gasteiger charge is -2.41. The van der Waals surface area contributed by atoms with E-state index in [1.807, 2.05) is 12.1 Å². The maximum absolute atomic E-state index is 12.5. The zero-order valence-corrected chi connectivity index (χ0v) is 18.1. The molecule has 0 radical (unpaired) electrons. The second-order valence-corrected chi connectivity index (χ2v) is 8.82. The SMILES string of the molecule is C/C=C/C1CCC2CC(c3ccc(C(=O)Oc4ccc(OC)cc4)cc3)CCC2C1. The van der Waals surface area contributed by atoms with Crippen molar-refractivity contribution in [2.45, 2.75) is 51.4 Å². The highest BCUT2D eigenvalue weighted by Crippen LogP contribution is 2.47. The smallest absolute Gasteiger partial charge is 0.343 e. The van der Waals surface area contributed by atoms with Crippen LogP contribution in [0.4, 0.5) is 0 Å². The number of hydrogen-bond acceptors (Lipinski definition) is 3. The number of carbonyl (C=O) groups is 1. The molecule has 2 aromatic carbocycles. The van der Waals surface area contributed by atoms with Gasteiger partial charge in [-0.2, -0.15) is 0 Å². The third-order valence-corrected chi connectivity index (χ3v) is 7.01. The van der Waals surface area contributed by atoms with Gasteiger partial charge in [0.1, 0.15) is 11.5 Å². The largest absolute Gasteiger partial charge is 0.497 e. The molecule has 30 heavy (non-hydrogen) atoms. The molecule has 3 heteroatoms. The standard InChI is InChI=1S/C27H32O3/c1-3-4-19-5-6-24-18-23(12-11-22(24)17-19)20-7-9-21(10-8-20)27(28)30-26-15-13-25(29-2)14-16-26/h3-4,7-10,13-16,19,22-24H,5-6,11-12,17-18H2,1-2H3/b4-3+. The van der Waals surface area contributed by atoms with Gasteiger partial charge in [-0.1, -0.05) is 24.3 Å². The van der Waals surface area contributed by atoms with Crippen molar-refractivity contribution < 1.29 is 14.3 Å². The molecule has 3 nitrogen and oxygen atoms in total. The molecule has 0 saturated heterocycles. The maximum Gasteiger partial charge on any atom is 0.343 e. The second kappa shape index (κ2) is 9.51. The Morgan fingerprint density at radius 2 is 1.53 bits per heavy atom. The first-order chi connectivity index (χ1) is 14.7. The number of fused-ring (bicyclic) bond motifs is 1. The summed E-state index contributed by atoms with van der Waals surface area (Å²) in [6, 6.07) is 15.1. The average Bonchev–Trinajstić information content (AvgIpc) is 2.79. The summed E-state index contributed by atoms with van der Waals surface area (Å²) < 4.78 is 10.6. The Morgan fingerprint density at radius 1 is 0.867 bits per heavy atom. The summed E-state index contributed by atoms with van der Waals surface area (Å²) in [4.78, 5) is 12.5. The molecule has 2 fully saturated rings. The summed E-state index contributed by atoms with van der Waals surface area (Å²) in [5.41, 5.74) is 1.96. The Bertz CT molecular complexity index is 866. The third kappa shape index (κ3) is 4.77. The van der Waals surface area contributed by atoms with Gasteiger partial charge in [0.2, 0.25) is 0 Å². The van der Waals surface area contributed by atoms with Crippen LogP contribution in [-0.4, -0.2) is 13.1 Å². The lowest BCUT2D eigenvalue weighted by Crippen LogP contribution is -2.30. The molecule has 0 bridgehead atoms. The molecule has 2 aliphatic rings. The minimum atomic E-state index is -0.322. The van der Waals surface area contributed by atoms with Crippen molar-refractivity contribution in [3.05, 3.63) is 71.8 Å². The van der Waals surface area contributed by atoms with Crippen LogP contribution >= 0.6 is 0 Å². The van der Waals surface area contributed by atoms with E-state index in [9.17, 15) is 4.79 Å². The van der Waals surface area contributed by atoms with Gasteiger partial charge >= 0.3 is 5.97 Å². The maximum atomic E-state index is 12.5. The zero-order valence-electron chi connectivity index (χ0n) is 18.1. The number of esters is 1. The molecular weight excluding hydrogens is 372 g/mol. The van der Waals surface area contributed by atoms with Gasteiger partial charge in [0, 0.05) is 0 Å². The van der Waals surface area contributed by atoms with Crippen LogP contribution in [0, 0.1) is 17.8 Å². The summed E-state index contributed by atoms with van der Waals surface area (Å²) in [5.74, 6) is 4.12. The van der Waals surface area contributed by atoms with Crippen LogP contribution in [-0.2, 0) is 0 Å². The first-order valence-corrected chi connectivity index (χ1v) is 11.2. The predicted molar refractivity (Wildman–Crippen MR) is 120 cm³/mol. The number of hydrogen-bond donors (Lipinski definition) is 0. The Labute approximate surface area is 180 Å². The second-order valence-electron chi connectivity index (χ2n) is 8.82. The van der Waals surface area contributed by atoms with Crippen molar-refractivity contribution in [1.29, 1.82) is 0 Å². The van der Waals surface area contributed by atoms with Gasteiger partial charge < -0.3 is 9.47 Å². The topological polar surface area (TPSA) is 35.5 Å². The van der Waals surface area contributed by atoms with Gasteiger partial charge in [0.05, 0.1) is 12.7 Å². The molecule has 4 unspecified atom stereocenters. The molecule has 0 heterocycles. The molecular formula is C27H32O3. The predicted octanol–water partition coefficient (Wildman–Crippen LogP) is 6.79. The van der Waals surface area contributed by atoms with E-state index in [1.165, 1.54) is 44.1 Å². The van der Waals surface area contributed by atoms with E-state index in [-0.39, 0.29) is 5.97 Å². The van der Waals surface area contributed by atoms with E-state index < -0.39 is 0 Å². The van der Waals surface area contributed by atoms with Gasteiger partial charge in [0.25, 0.3) is 0 Å². The normalized spacial score (nSPS) is 26.2. The monoisotopic (exact) mass is 404 g/mol. The highest BCUT2D eigenvalue weighted by atomic mass is 16.5. The molecule has 2 aliphatic carbocycles. The van der Waals surface area contributed by atoms with Crippen molar-refractivity contribution in [3.63, 3.8) is 0 Å². The number of methoxy groups -OCH3 is 1. The van der Waals surface area contributed by atoms with E-state index in [0.29, 0.717) is 17.2 Å². The number of carbonyl (C=O) groups excluding carboxylic acids is 1. The first-order valence-electron chi connectivity index (χ1n) is 11.2. The van der Waals surface area contributed by atoms with Crippen molar-refractivity contribution >= 4 is 5.97 Å². The van der Waals surface area contributed by atoms with Crippen LogP contribution in [0.2, 0.25) is 0 Å². The molecule has 2 aromatic rings. The molecule has 0 amide bonds. The number of rotatable bonds is 5. The van der Waals surface area contributed by atoms with Gasteiger partial charge in [0.15, 0.2) is 0 Å². The van der Waals surface area contributed by atoms with Crippen LogP contribution in [0.3, 0.4) is 0 Å². The van der Waals surface area contributed by atoms with E-state index in [4.69, 9.17) is 9.47 Å². The zero-order chi connectivity index (χ0) is 20.9. The average molecular weight is 405 g/mol. The van der Waals surface area contributed by atoms with Crippen molar-refractivity contribution in [2.75, 3.05) is 7.11 Å².